The van der Waals surface area contributed by atoms with Crippen molar-refractivity contribution in [3.05, 3.63) is 33.9 Å². The van der Waals surface area contributed by atoms with Gasteiger partial charge in [-0.15, -0.1) is 0 Å². The summed E-state index contributed by atoms with van der Waals surface area (Å²) < 4.78 is 5.64. The number of nitrogens with one attached hydrogen (secondary N) is 1. The molecule has 2 rings (SSSR count). The van der Waals surface area contributed by atoms with Crippen LogP contribution in [0.4, 0.5) is 5.69 Å². The van der Waals surface area contributed by atoms with Crippen molar-refractivity contribution in [3.63, 3.8) is 0 Å². The molecule has 1 heterocycles. The van der Waals surface area contributed by atoms with Crippen LogP contribution in [0.1, 0.15) is 18.4 Å². The summed E-state index contributed by atoms with van der Waals surface area (Å²) in [6, 6.07) is 5.30. The maximum atomic E-state index is 10.8. The normalized spacial score (nSPS) is 19.2. The van der Waals surface area contributed by atoms with Gasteiger partial charge in [-0.25, -0.2) is 0 Å². The highest BCUT2D eigenvalue weighted by Crippen LogP contribution is 2.27. The molecule has 1 aromatic carbocycles. The van der Waals surface area contributed by atoms with Gasteiger partial charge < -0.3 is 10.1 Å². The van der Waals surface area contributed by atoms with Crippen LogP contribution in [0.5, 0.6) is 5.75 Å². The van der Waals surface area contributed by atoms with E-state index in [0.29, 0.717) is 24.0 Å². The van der Waals surface area contributed by atoms with E-state index in [1.807, 2.05) is 0 Å². The molecule has 0 amide bonds. The minimum Gasteiger partial charge on any atom is -0.491 e. The maximum Gasteiger partial charge on any atom is 0.276 e. The Kier molecular flexibility index (Phi) is 3.58. The Labute approximate surface area is 99.9 Å². The number of rotatable bonds is 4. The standard InChI is InChI=1S/C12H16N2O3/c1-9-11(14(15)16)5-2-6-12(9)17-8-10-4-3-7-13-10/h2,5-6,10,13H,3-4,7-8H2,1H3. The summed E-state index contributed by atoms with van der Waals surface area (Å²) >= 11 is 0. The third kappa shape index (κ3) is 2.74. The molecule has 1 aliphatic heterocycles. The highest BCUT2D eigenvalue weighted by atomic mass is 16.6. The van der Waals surface area contributed by atoms with Crippen LogP contribution < -0.4 is 10.1 Å². The molecule has 0 aromatic heterocycles. The van der Waals surface area contributed by atoms with Crippen molar-refractivity contribution in [1.82, 2.24) is 5.32 Å². The number of hydrogen-bond donors (Lipinski definition) is 1. The summed E-state index contributed by atoms with van der Waals surface area (Å²) in [7, 11) is 0. The van der Waals surface area contributed by atoms with Crippen LogP contribution in [0.2, 0.25) is 0 Å². The van der Waals surface area contributed by atoms with E-state index in [1.54, 1.807) is 19.1 Å². The van der Waals surface area contributed by atoms with Gasteiger partial charge in [-0.1, -0.05) is 6.07 Å². The van der Waals surface area contributed by atoms with Gasteiger partial charge in [0.05, 0.1) is 10.5 Å². The summed E-state index contributed by atoms with van der Waals surface area (Å²) in [5.74, 6) is 0.605. The Morgan fingerprint density at radius 2 is 2.41 bits per heavy atom. The molecular weight excluding hydrogens is 220 g/mol. The lowest BCUT2D eigenvalue weighted by molar-refractivity contribution is -0.385. The summed E-state index contributed by atoms with van der Waals surface area (Å²) in [5, 5.41) is 14.1. The second kappa shape index (κ2) is 5.14. The third-order valence-electron chi connectivity index (χ3n) is 3.05. The van der Waals surface area contributed by atoms with Gasteiger partial charge in [0, 0.05) is 12.1 Å². The molecule has 17 heavy (non-hydrogen) atoms. The van der Waals surface area contributed by atoms with E-state index in [2.05, 4.69) is 5.32 Å². The highest BCUT2D eigenvalue weighted by Gasteiger charge is 2.17. The quantitative estimate of drug-likeness (QED) is 0.641. The second-order valence-corrected chi connectivity index (χ2v) is 4.26. The fraction of sp³-hybridized carbons (Fsp3) is 0.500. The Morgan fingerprint density at radius 3 is 3.06 bits per heavy atom. The first kappa shape index (κ1) is 11.9. The Balaban J connectivity index is 2.04. The average molecular weight is 236 g/mol. The van der Waals surface area contributed by atoms with Crippen molar-refractivity contribution < 1.29 is 9.66 Å². The van der Waals surface area contributed by atoms with Gasteiger partial charge in [0.25, 0.3) is 5.69 Å². The number of benzene rings is 1. The molecule has 1 N–H and O–H groups in total. The smallest absolute Gasteiger partial charge is 0.276 e. The van der Waals surface area contributed by atoms with Crippen LogP contribution in [-0.2, 0) is 0 Å². The molecule has 5 heteroatoms. The molecule has 1 fully saturated rings. The van der Waals surface area contributed by atoms with Crippen molar-refractivity contribution in [2.75, 3.05) is 13.2 Å². The zero-order chi connectivity index (χ0) is 12.3. The number of nitrogens with zero attached hydrogens (tertiary/aromatic N) is 1. The SMILES string of the molecule is Cc1c(OCC2CCCN2)cccc1[N+](=O)[O-]. The van der Waals surface area contributed by atoms with Crippen molar-refractivity contribution in [2.24, 2.45) is 0 Å². The van der Waals surface area contributed by atoms with Gasteiger partial charge in [0.2, 0.25) is 0 Å². The van der Waals surface area contributed by atoms with Crippen molar-refractivity contribution >= 4 is 5.69 Å². The molecule has 92 valence electrons. The van der Waals surface area contributed by atoms with Crippen molar-refractivity contribution in [1.29, 1.82) is 0 Å². The molecular formula is C12H16N2O3. The van der Waals surface area contributed by atoms with E-state index < -0.39 is 0 Å². The van der Waals surface area contributed by atoms with Crippen molar-refractivity contribution in [3.8, 4) is 5.75 Å². The Hall–Kier alpha value is -1.62. The van der Waals surface area contributed by atoms with Crippen LogP contribution in [0, 0.1) is 17.0 Å². The van der Waals surface area contributed by atoms with E-state index in [9.17, 15) is 10.1 Å². The fourth-order valence-electron chi connectivity index (χ4n) is 2.05. The molecule has 0 spiro atoms. The minimum absolute atomic E-state index is 0.113. The van der Waals surface area contributed by atoms with E-state index in [0.717, 1.165) is 13.0 Å². The van der Waals surface area contributed by atoms with E-state index in [4.69, 9.17) is 4.74 Å². The molecule has 5 nitrogen and oxygen atoms in total. The topological polar surface area (TPSA) is 64.4 Å². The molecule has 1 atom stereocenters. The molecule has 0 saturated carbocycles. The molecule has 1 aliphatic rings. The second-order valence-electron chi connectivity index (χ2n) is 4.26. The minimum atomic E-state index is -0.379. The first-order valence-corrected chi connectivity index (χ1v) is 5.78. The van der Waals surface area contributed by atoms with Crippen LogP contribution in [0.3, 0.4) is 0 Å². The van der Waals surface area contributed by atoms with Crippen LogP contribution in [0.25, 0.3) is 0 Å². The maximum absolute atomic E-state index is 10.8. The van der Waals surface area contributed by atoms with E-state index in [-0.39, 0.29) is 10.6 Å². The van der Waals surface area contributed by atoms with Gasteiger partial charge in [-0.05, 0) is 32.4 Å². The lowest BCUT2D eigenvalue weighted by Gasteiger charge is -2.13. The van der Waals surface area contributed by atoms with Gasteiger partial charge in [-0.2, -0.15) is 0 Å². The molecule has 1 unspecified atom stereocenters. The average Bonchev–Trinajstić information content (AvgIpc) is 2.80. The number of ether oxygens (including phenoxy) is 1. The van der Waals surface area contributed by atoms with Gasteiger partial charge in [0.15, 0.2) is 0 Å². The van der Waals surface area contributed by atoms with E-state index >= 15 is 0 Å². The molecule has 1 saturated heterocycles. The summed E-state index contributed by atoms with van der Waals surface area (Å²) in [4.78, 5) is 10.4. The number of hydrogen-bond acceptors (Lipinski definition) is 4. The van der Waals surface area contributed by atoms with Crippen molar-refractivity contribution in [2.45, 2.75) is 25.8 Å². The number of nitro groups is 1. The predicted octanol–water partition coefficient (Wildman–Crippen LogP) is 2.03. The monoisotopic (exact) mass is 236 g/mol. The summed E-state index contributed by atoms with van der Waals surface area (Å²) in [6.07, 6.45) is 2.27. The molecule has 0 bridgehead atoms. The summed E-state index contributed by atoms with van der Waals surface area (Å²) in [5.41, 5.74) is 0.706. The van der Waals surface area contributed by atoms with Gasteiger partial charge in [-0.3, -0.25) is 10.1 Å². The predicted molar refractivity (Wildman–Crippen MR) is 64.4 cm³/mol. The zero-order valence-electron chi connectivity index (χ0n) is 9.81. The Bertz CT molecular complexity index is 414. The third-order valence-corrected chi connectivity index (χ3v) is 3.05. The Morgan fingerprint density at radius 1 is 1.59 bits per heavy atom. The molecule has 0 aliphatic carbocycles. The van der Waals surface area contributed by atoms with Crippen LogP contribution >= 0.6 is 0 Å². The zero-order valence-corrected chi connectivity index (χ0v) is 9.81. The van der Waals surface area contributed by atoms with E-state index in [1.165, 1.54) is 12.5 Å². The highest BCUT2D eigenvalue weighted by molar-refractivity contribution is 5.48. The fourth-order valence-corrected chi connectivity index (χ4v) is 2.05. The number of nitro benzene ring substituents is 1. The van der Waals surface area contributed by atoms with Crippen LogP contribution in [-0.4, -0.2) is 24.1 Å². The lowest BCUT2D eigenvalue weighted by Crippen LogP contribution is -2.28. The largest absolute Gasteiger partial charge is 0.491 e. The van der Waals surface area contributed by atoms with Crippen LogP contribution in [0.15, 0.2) is 18.2 Å². The van der Waals surface area contributed by atoms with Gasteiger partial charge in [0.1, 0.15) is 12.4 Å². The summed E-state index contributed by atoms with van der Waals surface area (Å²) in [6.45, 7) is 3.32. The first-order chi connectivity index (χ1) is 8.18. The first-order valence-electron chi connectivity index (χ1n) is 5.78. The van der Waals surface area contributed by atoms with Gasteiger partial charge >= 0.3 is 0 Å². The molecule has 1 aromatic rings. The lowest BCUT2D eigenvalue weighted by atomic mass is 10.2. The molecule has 0 radical (unpaired) electrons.